The molecule has 0 bridgehead atoms. The molecule has 5 N–H and O–H groups in total. The molecule has 0 unspecified atom stereocenters. The number of rotatable bonds is 5. The van der Waals surface area contributed by atoms with Crippen molar-refractivity contribution in [2.75, 3.05) is 12.0 Å². The molecule has 1 aliphatic carbocycles. The number of nitrogens with two attached hydrogens (primary N) is 1. The number of amides is 2. The zero-order valence-corrected chi connectivity index (χ0v) is 10.2. The van der Waals surface area contributed by atoms with Crippen LogP contribution in [0.5, 0.6) is 0 Å². The van der Waals surface area contributed by atoms with Gasteiger partial charge in [0.25, 0.3) is 5.91 Å². The van der Waals surface area contributed by atoms with Gasteiger partial charge < -0.3 is 16.1 Å². The number of nitrogens with one attached hydrogen (secondary N) is 3. The summed E-state index contributed by atoms with van der Waals surface area (Å²) in [5.74, 6) is 3.73. The lowest BCUT2D eigenvalue weighted by Gasteiger charge is -2.10. The molecule has 0 spiro atoms. The monoisotopic (exact) mass is 266 g/mol. The molecule has 1 aromatic rings. The zero-order valence-electron chi connectivity index (χ0n) is 10.2. The SMILES string of the molecule is NNc1c(F)cccc1C(=O)NCC(=O)NC1CC1. The highest BCUT2D eigenvalue weighted by molar-refractivity contribution is 6.01. The molecule has 0 aromatic heterocycles. The Labute approximate surface area is 109 Å². The fraction of sp³-hybridized carbons (Fsp3) is 0.333. The topological polar surface area (TPSA) is 96.2 Å². The number of para-hydroxylation sites is 1. The first-order valence-electron chi connectivity index (χ1n) is 5.94. The number of hydrogen-bond acceptors (Lipinski definition) is 4. The lowest BCUT2D eigenvalue weighted by molar-refractivity contribution is -0.120. The predicted molar refractivity (Wildman–Crippen MR) is 67.7 cm³/mol. The molecule has 0 saturated heterocycles. The number of nitrogen functional groups attached to an aromatic ring is 1. The van der Waals surface area contributed by atoms with Gasteiger partial charge in [0.15, 0.2) is 0 Å². The number of halogens is 1. The molecular weight excluding hydrogens is 251 g/mol. The second-order valence-corrected chi connectivity index (χ2v) is 4.33. The van der Waals surface area contributed by atoms with E-state index in [2.05, 4.69) is 16.1 Å². The van der Waals surface area contributed by atoms with Crippen molar-refractivity contribution < 1.29 is 14.0 Å². The maximum Gasteiger partial charge on any atom is 0.253 e. The molecule has 1 aliphatic rings. The van der Waals surface area contributed by atoms with E-state index in [9.17, 15) is 14.0 Å². The third kappa shape index (κ3) is 3.41. The maximum atomic E-state index is 13.4. The van der Waals surface area contributed by atoms with E-state index in [0.717, 1.165) is 12.8 Å². The van der Waals surface area contributed by atoms with Crippen LogP contribution in [0.15, 0.2) is 18.2 Å². The first-order chi connectivity index (χ1) is 9.11. The van der Waals surface area contributed by atoms with Gasteiger partial charge in [-0.05, 0) is 25.0 Å². The quantitative estimate of drug-likeness (QED) is 0.449. The largest absolute Gasteiger partial charge is 0.352 e. The van der Waals surface area contributed by atoms with Gasteiger partial charge in [-0.1, -0.05) is 6.07 Å². The molecule has 6 nitrogen and oxygen atoms in total. The van der Waals surface area contributed by atoms with Crippen LogP contribution in [-0.2, 0) is 4.79 Å². The van der Waals surface area contributed by atoms with Gasteiger partial charge in [-0.15, -0.1) is 0 Å². The Balaban J connectivity index is 1.95. The van der Waals surface area contributed by atoms with Gasteiger partial charge in [-0.25, -0.2) is 4.39 Å². The van der Waals surface area contributed by atoms with Crippen molar-refractivity contribution in [1.29, 1.82) is 0 Å². The van der Waals surface area contributed by atoms with Crippen molar-refractivity contribution >= 4 is 17.5 Å². The fourth-order valence-corrected chi connectivity index (χ4v) is 1.62. The third-order valence-corrected chi connectivity index (χ3v) is 2.75. The van der Waals surface area contributed by atoms with E-state index >= 15 is 0 Å². The van der Waals surface area contributed by atoms with Crippen molar-refractivity contribution in [2.45, 2.75) is 18.9 Å². The van der Waals surface area contributed by atoms with Crippen LogP contribution in [0.3, 0.4) is 0 Å². The molecule has 2 rings (SSSR count). The molecule has 1 fully saturated rings. The number of hydrogen-bond donors (Lipinski definition) is 4. The van der Waals surface area contributed by atoms with E-state index in [1.54, 1.807) is 0 Å². The molecule has 0 aliphatic heterocycles. The van der Waals surface area contributed by atoms with E-state index in [0.29, 0.717) is 0 Å². The summed E-state index contributed by atoms with van der Waals surface area (Å²) in [6.45, 7) is -0.143. The highest BCUT2D eigenvalue weighted by atomic mass is 19.1. The first-order valence-corrected chi connectivity index (χ1v) is 5.94. The number of anilines is 1. The van der Waals surface area contributed by atoms with Crippen molar-refractivity contribution in [2.24, 2.45) is 5.84 Å². The second kappa shape index (κ2) is 5.66. The predicted octanol–water partition coefficient (Wildman–Crippen LogP) is 0.120. The number of carbonyl (C=O) groups is 2. The van der Waals surface area contributed by atoms with Crippen LogP contribution in [-0.4, -0.2) is 24.4 Å². The van der Waals surface area contributed by atoms with E-state index < -0.39 is 11.7 Å². The molecule has 2 amide bonds. The molecule has 1 saturated carbocycles. The molecule has 0 heterocycles. The minimum atomic E-state index is -0.627. The average Bonchev–Trinajstić information content (AvgIpc) is 3.19. The lowest BCUT2D eigenvalue weighted by Crippen LogP contribution is -2.38. The lowest BCUT2D eigenvalue weighted by atomic mass is 10.1. The highest BCUT2D eigenvalue weighted by Crippen LogP contribution is 2.19. The summed E-state index contributed by atoms with van der Waals surface area (Å²) in [4.78, 5) is 23.2. The summed E-state index contributed by atoms with van der Waals surface area (Å²) in [7, 11) is 0. The number of benzene rings is 1. The minimum Gasteiger partial charge on any atom is -0.352 e. The Hall–Kier alpha value is -2.15. The van der Waals surface area contributed by atoms with Gasteiger partial charge >= 0.3 is 0 Å². The molecule has 7 heteroatoms. The van der Waals surface area contributed by atoms with Crippen LogP contribution >= 0.6 is 0 Å². The van der Waals surface area contributed by atoms with Crippen LogP contribution < -0.4 is 21.9 Å². The second-order valence-electron chi connectivity index (χ2n) is 4.33. The molecule has 0 atom stereocenters. The number of carbonyl (C=O) groups excluding carboxylic acids is 2. The molecule has 102 valence electrons. The summed E-state index contributed by atoms with van der Waals surface area (Å²) in [6.07, 6.45) is 1.95. The van der Waals surface area contributed by atoms with Crippen LogP contribution in [0.2, 0.25) is 0 Å². The van der Waals surface area contributed by atoms with Crippen molar-refractivity contribution in [3.05, 3.63) is 29.6 Å². The summed E-state index contributed by atoms with van der Waals surface area (Å²) in [5, 5.41) is 5.15. The molecule has 1 aromatic carbocycles. The van der Waals surface area contributed by atoms with Gasteiger partial charge in [0, 0.05) is 6.04 Å². The van der Waals surface area contributed by atoms with Gasteiger partial charge in [0.2, 0.25) is 5.91 Å². The highest BCUT2D eigenvalue weighted by Gasteiger charge is 2.23. The Morgan fingerprint density at radius 2 is 2.11 bits per heavy atom. The van der Waals surface area contributed by atoms with Crippen molar-refractivity contribution in [1.82, 2.24) is 10.6 Å². The normalized spacial score (nSPS) is 13.8. The molecule has 19 heavy (non-hydrogen) atoms. The summed E-state index contributed by atoms with van der Waals surface area (Å²) in [6, 6.07) is 4.24. The van der Waals surface area contributed by atoms with Gasteiger partial charge in [0.1, 0.15) is 5.82 Å². The molecular formula is C12H15FN4O2. The van der Waals surface area contributed by atoms with Crippen molar-refractivity contribution in [3.63, 3.8) is 0 Å². The Morgan fingerprint density at radius 3 is 2.74 bits per heavy atom. The van der Waals surface area contributed by atoms with E-state index in [1.165, 1.54) is 18.2 Å². The zero-order chi connectivity index (χ0) is 13.8. The fourth-order valence-electron chi connectivity index (χ4n) is 1.62. The van der Waals surface area contributed by atoms with Gasteiger partial charge in [0.05, 0.1) is 17.8 Å². The summed E-state index contributed by atoms with van der Waals surface area (Å²) < 4.78 is 13.4. The Kier molecular flexibility index (Phi) is 3.96. The van der Waals surface area contributed by atoms with Crippen LogP contribution in [0, 0.1) is 5.82 Å². The summed E-state index contributed by atoms with van der Waals surface area (Å²) in [5.41, 5.74) is 2.10. The Bertz CT molecular complexity index is 503. The first kappa shape index (κ1) is 13.3. The maximum absolute atomic E-state index is 13.4. The van der Waals surface area contributed by atoms with E-state index in [-0.39, 0.29) is 29.7 Å². The third-order valence-electron chi connectivity index (χ3n) is 2.75. The summed E-state index contributed by atoms with van der Waals surface area (Å²) >= 11 is 0. The minimum absolute atomic E-state index is 0.0571. The van der Waals surface area contributed by atoms with Crippen LogP contribution in [0.1, 0.15) is 23.2 Å². The average molecular weight is 266 g/mol. The van der Waals surface area contributed by atoms with Crippen molar-refractivity contribution in [3.8, 4) is 0 Å². The Morgan fingerprint density at radius 1 is 1.37 bits per heavy atom. The van der Waals surface area contributed by atoms with Gasteiger partial charge in [-0.3, -0.25) is 15.4 Å². The molecule has 0 radical (unpaired) electrons. The van der Waals surface area contributed by atoms with E-state index in [4.69, 9.17) is 5.84 Å². The standard InChI is InChI=1S/C12H15FN4O2/c13-9-3-1-2-8(11(9)17-14)12(19)15-6-10(18)16-7-4-5-7/h1-3,7,17H,4-6,14H2,(H,15,19)(H,16,18). The van der Waals surface area contributed by atoms with Crippen LogP contribution in [0.25, 0.3) is 0 Å². The smallest absolute Gasteiger partial charge is 0.253 e. The van der Waals surface area contributed by atoms with Gasteiger partial charge in [-0.2, -0.15) is 0 Å². The number of hydrazine groups is 1. The van der Waals surface area contributed by atoms with E-state index in [1.807, 2.05) is 0 Å². The van der Waals surface area contributed by atoms with Crippen LogP contribution in [0.4, 0.5) is 10.1 Å².